The lowest BCUT2D eigenvalue weighted by molar-refractivity contribution is 0.0117. The molecule has 3 unspecified atom stereocenters. The predicted molar refractivity (Wildman–Crippen MR) is 61.2 cm³/mol. The van der Waals surface area contributed by atoms with Crippen LogP contribution in [0.4, 0.5) is 0 Å². The Morgan fingerprint density at radius 3 is 2.50 bits per heavy atom. The standard InChI is InChI=1S/C13H26O/c1-5-7-10(2)12(14)11-8-6-9-13(11,3)4/h10-12,14H,5-9H2,1-4H3. The van der Waals surface area contributed by atoms with E-state index in [0.717, 1.165) is 6.42 Å². The third-order valence-electron chi connectivity index (χ3n) is 4.08. The maximum absolute atomic E-state index is 10.3. The molecule has 3 atom stereocenters. The second kappa shape index (κ2) is 4.65. The number of hydrogen-bond donors (Lipinski definition) is 1. The van der Waals surface area contributed by atoms with Crippen LogP contribution in [0.2, 0.25) is 0 Å². The highest BCUT2D eigenvalue weighted by Gasteiger charge is 2.40. The fourth-order valence-corrected chi connectivity index (χ4v) is 3.01. The lowest BCUT2D eigenvalue weighted by Gasteiger charge is -2.34. The zero-order valence-corrected chi connectivity index (χ0v) is 10.2. The molecule has 1 aliphatic carbocycles. The lowest BCUT2D eigenvalue weighted by Crippen LogP contribution is -2.34. The molecule has 84 valence electrons. The van der Waals surface area contributed by atoms with Gasteiger partial charge in [0.25, 0.3) is 0 Å². The van der Waals surface area contributed by atoms with Crippen LogP contribution >= 0.6 is 0 Å². The summed E-state index contributed by atoms with van der Waals surface area (Å²) in [7, 11) is 0. The average molecular weight is 198 g/mol. The SMILES string of the molecule is CCCC(C)C(O)C1CCCC1(C)C. The Morgan fingerprint density at radius 2 is 2.07 bits per heavy atom. The van der Waals surface area contributed by atoms with Gasteiger partial charge in [0.2, 0.25) is 0 Å². The molecule has 14 heavy (non-hydrogen) atoms. The lowest BCUT2D eigenvalue weighted by atomic mass is 9.74. The summed E-state index contributed by atoms with van der Waals surface area (Å²) in [6.07, 6.45) is 6.08. The maximum atomic E-state index is 10.3. The van der Waals surface area contributed by atoms with Crippen molar-refractivity contribution >= 4 is 0 Å². The van der Waals surface area contributed by atoms with Crippen molar-refractivity contribution in [2.45, 2.75) is 65.9 Å². The molecule has 0 aromatic heterocycles. The Labute approximate surface area is 88.9 Å². The highest BCUT2D eigenvalue weighted by molar-refractivity contribution is 4.90. The van der Waals surface area contributed by atoms with E-state index in [1.54, 1.807) is 0 Å². The molecule has 0 radical (unpaired) electrons. The molecular weight excluding hydrogens is 172 g/mol. The van der Waals surface area contributed by atoms with Crippen LogP contribution in [0.5, 0.6) is 0 Å². The molecule has 0 aromatic carbocycles. The fraction of sp³-hybridized carbons (Fsp3) is 1.00. The van der Waals surface area contributed by atoms with Crippen molar-refractivity contribution in [3.63, 3.8) is 0 Å². The smallest absolute Gasteiger partial charge is 0.0599 e. The van der Waals surface area contributed by atoms with Gasteiger partial charge in [-0.15, -0.1) is 0 Å². The van der Waals surface area contributed by atoms with E-state index in [4.69, 9.17) is 0 Å². The maximum Gasteiger partial charge on any atom is 0.0599 e. The Bertz CT molecular complexity index is 174. The van der Waals surface area contributed by atoms with E-state index >= 15 is 0 Å². The van der Waals surface area contributed by atoms with Gasteiger partial charge >= 0.3 is 0 Å². The highest BCUT2D eigenvalue weighted by atomic mass is 16.3. The highest BCUT2D eigenvalue weighted by Crippen LogP contribution is 2.46. The number of aliphatic hydroxyl groups is 1. The molecule has 0 amide bonds. The molecule has 1 nitrogen and oxygen atoms in total. The van der Waals surface area contributed by atoms with Crippen LogP contribution in [0.1, 0.15) is 59.8 Å². The summed E-state index contributed by atoms with van der Waals surface area (Å²) in [5.41, 5.74) is 0.363. The van der Waals surface area contributed by atoms with E-state index in [0.29, 0.717) is 17.3 Å². The normalized spacial score (nSPS) is 30.2. The number of aliphatic hydroxyl groups excluding tert-OH is 1. The van der Waals surface area contributed by atoms with Crippen molar-refractivity contribution in [2.24, 2.45) is 17.3 Å². The van der Waals surface area contributed by atoms with Crippen molar-refractivity contribution in [2.75, 3.05) is 0 Å². The predicted octanol–water partition coefficient (Wildman–Crippen LogP) is 3.61. The van der Waals surface area contributed by atoms with E-state index in [9.17, 15) is 5.11 Å². The average Bonchev–Trinajstić information content (AvgIpc) is 2.44. The molecule has 0 aliphatic heterocycles. The van der Waals surface area contributed by atoms with Gasteiger partial charge in [0.05, 0.1) is 6.10 Å². The molecule has 0 aromatic rings. The fourth-order valence-electron chi connectivity index (χ4n) is 3.01. The van der Waals surface area contributed by atoms with Gasteiger partial charge in [0, 0.05) is 0 Å². The Morgan fingerprint density at radius 1 is 1.43 bits per heavy atom. The minimum Gasteiger partial charge on any atom is -0.393 e. The van der Waals surface area contributed by atoms with Crippen LogP contribution in [-0.4, -0.2) is 11.2 Å². The van der Waals surface area contributed by atoms with Crippen LogP contribution in [0.3, 0.4) is 0 Å². The van der Waals surface area contributed by atoms with Gasteiger partial charge in [0.1, 0.15) is 0 Å². The van der Waals surface area contributed by atoms with Crippen LogP contribution in [-0.2, 0) is 0 Å². The van der Waals surface area contributed by atoms with Gasteiger partial charge < -0.3 is 5.11 Å². The summed E-state index contributed by atoms with van der Waals surface area (Å²) < 4.78 is 0. The second-order valence-electron chi connectivity index (χ2n) is 5.74. The quantitative estimate of drug-likeness (QED) is 0.731. The summed E-state index contributed by atoms with van der Waals surface area (Å²) in [5.74, 6) is 1.01. The molecular formula is C13H26O. The van der Waals surface area contributed by atoms with Crippen LogP contribution in [0.25, 0.3) is 0 Å². The van der Waals surface area contributed by atoms with Crippen LogP contribution < -0.4 is 0 Å². The summed E-state index contributed by atoms with van der Waals surface area (Å²) in [5, 5.41) is 10.3. The first kappa shape index (κ1) is 12.0. The van der Waals surface area contributed by atoms with Gasteiger partial charge in [-0.2, -0.15) is 0 Å². The third kappa shape index (κ3) is 2.50. The van der Waals surface area contributed by atoms with E-state index in [2.05, 4.69) is 27.7 Å². The molecule has 1 aliphatic rings. The third-order valence-corrected chi connectivity index (χ3v) is 4.08. The van der Waals surface area contributed by atoms with Crippen LogP contribution in [0, 0.1) is 17.3 Å². The van der Waals surface area contributed by atoms with Crippen molar-refractivity contribution in [1.82, 2.24) is 0 Å². The Kier molecular flexibility index (Phi) is 4.00. The van der Waals surface area contributed by atoms with Gasteiger partial charge in [0.15, 0.2) is 0 Å². The molecule has 1 saturated carbocycles. The molecule has 0 bridgehead atoms. The van der Waals surface area contributed by atoms with E-state index in [-0.39, 0.29) is 6.10 Å². The monoisotopic (exact) mass is 198 g/mol. The zero-order valence-electron chi connectivity index (χ0n) is 10.2. The molecule has 0 heterocycles. The molecule has 1 fully saturated rings. The van der Waals surface area contributed by atoms with Crippen molar-refractivity contribution in [3.05, 3.63) is 0 Å². The van der Waals surface area contributed by atoms with E-state index in [1.165, 1.54) is 25.7 Å². The summed E-state index contributed by atoms with van der Waals surface area (Å²) >= 11 is 0. The van der Waals surface area contributed by atoms with Gasteiger partial charge in [-0.25, -0.2) is 0 Å². The first-order chi connectivity index (χ1) is 6.49. The van der Waals surface area contributed by atoms with Crippen LogP contribution in [0.15, 0.2) is 0 Å². The Balaban J connectivity index is 2.55. The summed E-state index contributed by atoms with van der Waals surface area (Å²) in [4.78, 5) is 0. The molecule has 0 saturated heterocycles. The summed E-state index contributed by atoms with van der Waals surface area (Å²) in [6, 6.07) is 0. The second-order valence-corrected chi connectivity index (χ2v) is 5.74. The van der Waals surface area contributed by atoms with Gasteiger partial charge in [-0.05, 0) is 36.5 Å². The molecule has 1 rings (SSSR count). The Hall–Kier alpha value is -0.0400. The van der Waals surface area contributed by atoms with E-state index in [1.807, 2.05) is 0 Å². The number of rotatable bonds is 4. The minimum absolute atomic E-state index is 0.0764. The van der Waals surface area contributed by atoms with E-state index < -0.39 is 0 Å². The summed E-state index contributed by atoms with van der Waals surface area (Å²) in [6.45, 7) is 9.02. The minimum atomic E-state index is -0.0764. The molecule has 1 heteroatoms. The van der Waals surface area contributed by atoms with Gasteiger partial charge in [-0.1, -0.05) is 40.5 Å². The number of hydrogen-bond acceptors (Lipinski definition) is 1. The molecule has 1 N–H and O–H groups in total. The first-order valence-corrected chi connectivity index (χ1v) is 6.17. The van der Waals surface area contributed by atoms with Crippen molar-refractivity contribution in [3.8, 4) is 0 Å². The van der Waals surface area contributed by atoms with Gasteiger partial charge in [-0.3, -0.25) is 0 Å². The molecule has 0 spiro atoms. The van der Waals surface area contributed by atoms with Crippen molar-refractivity contribution < 1.29 is 5.11 Å². The van der Waals surface area contributed by atoms with Crippen molar-refractivity contribution in [1.29, 1.82) is 0 Å². The largest absolute Gasteiger partial charge is 0.393 e. The zero-order chi connectivity index (χ0) is 10.8. The first-order valence-electron chi connectivity index (χ1n) is 6.17. The topological polar surface area (TPSA) is 20.2 Å².